The van der Waals surface area contributed by atoms with E-state index >= 15 is 0 Å². The van der Waals surface area contributed by atoms with Crippen molar-refractivity contribution < 1.29 is 9.31 Å². The van der Waals surface area contributed by atoms with Gasteiger partial charge in [-0.3, -0.25) is 0 Å². The molecule has 2 rings (SSSR count). The van der Waals surface area contributed by atoms with Crippen molar-refractivity contribution in [1.82, 2.24) is 0 Å². The van der Waals surface area contributed by atoms with Crippen LogP contribution < -0.4 is 5.73 Å². The molecule has 1 atom stereocenters. The summed E-state index contributed by atoms with van der Waals surface area (Å²) in [5, 5.41) is 0. The van der Waals surface area contributed by atoms with Gasteiger partial charge < -0.3 is 15.0 Å². The van der Waals surface area contributed by atoms with Gasteiger partial charge in [0.2, 0.25) is 0 Å². The van der Waals surface area contributed by atoms with Crippen LogP contribution >= 0.6 is 0 Å². The Morgan fingerprint density at radius 3 is 2.00 bits per heavy atom. The van der Waals surface area contributed by atoms with Crippen LogP contribution in [-0.2, 0) is 9.31 Å². The van der Waals surface area contributed by atoms with Crippen molar-refractivity contribution in [2.75, 3.05) is 0 Å². The van der Waals surface area contributed by atoms with Gasteiger partial charge in [-0.25, -0.2) is 0 Å². The van der Waals surface area contributed by atoms with Crippen molar-refractivity contribution in [3.8, 4) is 0 Å². The van der Waals surface area contributed by atoms with Crippen LogP contribution in [0.25, 0.3) is 0 Å². The van der Waals surface area contributed by atoms with E-state index < -0.39 is 7.12 Å². The van der Waals surface area contributed by atoms with Gasteiger partial charge in [-0.05, 0) is 44.7 Å². The van der Waals surface area contributed by atoms with Gasteiger partial charge in [-0.2, -0.15) is 0 Å². The molecule has 0 aromatic heterocycles. The average molecular weight is 275 g/mol. The van der Waals surface area contributed by atoms with Gasteiger partial charge in [0.1, 0.15) is 0 Å². The Morgan fingerprint density at radius 2 is 1.50 bits per heavy atom. The first-order valence-electron chi connectivity index (χ1n) is 7.35. The van der Waals surface area contributed by atoms with Gasteiger partial charge in [0.05, 0.1) is 17.1 Å². The monoisotopic (exact) mass is 275 g/mol. The molecule has 1 aliphatic heterocycles. The fraction of sp³-hybridized carbons (Fsp3) is 0.625. The van der Waals surface area contributed by atoms with Crippen molar-refractivity contribution in [2.24, 2.45) is 5.73 Å². The van der Waals surface area contributed by atoms with Gasteiger partial charge in [0.25, 0.3) is 0 Å². The number of nitrogens with two attached hydrogens (primary N) is 1. The minimum atomic E-state index is -0.401. The van der Waals surface area contributed by atoms with E-state index in [0.717, 1.165) is 5.56 Å². The SMILES string of the molecule is CC(C)c1cccc([C@@H](N)B2OC(C)(C)C(C)(C)O2)c1. The molecule has 20 heavy (non-hydrogen) atoms. The standard InChI is InChI=1S/C16H26BNO2/c1-11(2)12-8-7-9-13(10-12)14(18)17-19-15(3,4)16(5,6)20-17/h7-11,14H,18H2,1-6H3/t14-/m1/s1. The van der Waals surface area contributed by atoms with E-state index in [1.807, 2.05) is 33.8 Å². The molecular weight excluding hydrogens is 249 g/mol. The molecule has 0 unspecified atom stereocenters. The van der Waals surface area contributed by atoms with Crippen LogP contribution in [-0.4, -0.2) is 18.3 Å². The maximum absolute atomic E-state index is 6.36. The Bertz CT molecular complexity index is 469. The molecule has 1 fully saturated rings. The van der Waals surface area contributed by atoms with E-state index in [-0.39, 0.29) is 17.1 Å². The molecule has 110 valence electrons. The van der Waals surface area contributed by atoms with Gasteiger partial charge in [0.15, 0.2) is 0 Å². The summed E-state index contributed by atoms with van der Waals surface area (Å²) in [7, 11) is -0.401. The topological polar surface area (TPSA) is 44.5 Å². The van der Waals surface area contributed by atoms with Crippen molar-refractivity contribution in [3.05, 3.63) is 35.4 Å². The quantitative estimate of drug-likeness (QED) is 0.859. The summed E-state index contributed by atoms with van der Waals surface area (Å²) in [5.74, 6) is 0.218. The van der Waals surface area contributed by atoms with Crippen molar-refractivity contribution in [3.63, 3.8) is 0 Å². The molecule has 0 saturated carbocycles. The highest BCUT2D eigenvalue weighted by molar-refractivity contribution is 6.47. The normalized spacial score (nSPS) is 22.3. The summed E-state index contributed by atoms with van der Waals surface area (Å²) in [6.07, 6.45) is 0. The maximum atomic E-state index is 6.36. The summed E-state index contributed by atoms with van der Waals surface area (Å²) < 4.78 is 12.1. The molecule has 4 heteroatoms. The molecular formula is C16H26BNO2. The summed E-state index contributed by atoms with van der Waals surface area (Å²) in [6.45, 7) is 12.5. The number of rotatable bonds is 3. The second-order valence-corrected chi connectivity index (χ2v) is 6.98. The highest BCUT2D eigenvalue weighted by Gasteiger charge is 2.53. The summed E-state index contributed by atoms with van der Waals surface area (Å²) in [5.41, 5.74) is 8.03. The largest absolute Gasteiger partial charge is 0.480 e. The Kier molecular flexibility index (Phi) is 4.02. The summed E-state index contributed by atoms with van der Waals surface area (Å²) in [6, 6.07) is 8.38. The Hall–Kier alpha value is -0.835. The number of hydrogen-bond donors (Lipinski definition) is 1. The van der Waals surface area contributed by atoms with E-state index in [2.05, 4.69) is 32.0 Å². The summed E-state index contributed by atoms with van der Waals surface area (Å²) in [4.78, 5) is 0. The van der Waals surface area contributed by atoms with Gasteiger partial charge in [-0.15, -0.1) is 0 Å². The fourth-order valence-electron chi connectivity index (χ4n) is 2.32. The Balaban J connectivity index is 2.21. The molecule has 0 radical (unpaired) electrons. The molecule has 0 spiro atoms. The first-order chi connectivity index (χ1) is 9.14. The molecule has 1 aromatic rings. The predicted molar refractivity (Wildman–Crippen MR) is 83.5 cm³/mol. The second-order valence-electron chi connectivity index (χ2n) is 6.98. The van der Waals surface area contributed by atoms with Crippen molar-refractivity contribution >= 4 is 7.12 Å². The minimum absolute atomic E-state index is 0.269. The zero-order valence-electron chi connectivity index (χ0n) is 13.4. The first-order valence-corrected chi connectivity index (χ1v) is 7.35. The Labute approximate surface area is 123 Å². The molecule has 1 aromatic carbocycles. The van der Waals surface area contributed by atoms with Crippen LogP contribution in [0.4, 0.5) is 0 Å². The lowest BCUT2D eigenvalue weighted by Crippen LogP contribution is -2.41. The van der Waals surface area contributed by atoms with Crippen molar-refractivity contribution in [2.45, 2.75) is 64.6 Å². The van der Waals surface area contributed by atoms with E-state index in [1.165, 1.54) is 5.56 Å². The lowest BCUT2D eigenvalue weighted by Gasteiger charge is -2.32. The van der Waals surface area contributed by atoms with Gasteiger partial charge in [0, 0.05) is 0 Å². The summed E-state index contributed by atoms with van der Waals surface area (Å²) >= 11 is 0. The van der Waals surface area contributed by atoms with Gasteiger partial charge in [-0.1, -0.05) is 38.1 Å². The third kappa shape index (κ3) is 2.78. The average Bonchev–Trinajstić information content (AvgIpc) is 2.57. The molecule has 2 N–H and O–H groups in total. The lowest BCUT2D eigenvalue weighted by atomic mass is 9.74. The van der Waals surface area contributed by atoms with Crippen LogP contribution in [0.15, 0.2) is 24.3 Å². The third-order valence-corrected chi connectivity index (χ3v) is 4.53. The molecule has 3 nitrogen and oxygen atoms in total. The van der Waals surface area contributed by atoms with Crippen LogP contribution in [0.2, 0.25) is 0 Å². The predicted octanol–water partition coefficient (Wildman–Crippen LogP) is 3.44. The molecule has 0 bridgehead atoms. The lowest BCUT2D eigenvalue weighted by molar-refractivity contribution is 0.00578. The smallest absolute Gasteiger partial charge is 0.402 e. The van der Waals surface area contributed by atoms with E-state index in [0.29, 0.717) is 5.92 Å². The third-order valence-electron chi connectivity index (χ3n) is 4.53. The highest BCUT2D eigenvalue weighted by atomic mass is 16.7. The van der Waals surface area contributed by atoms with E-state index in [9.17, 15) is 0 Å². The number of benzene rings is 1. The van der Waals surface area contributed by atoms with Gasteiger partial charge >= 0.3 is 7.12 Å². The first kappa shape index (κ1) is 15.6. The van der Waals surface area contributed by atoms with Crippen LogP contribution in [0.1, 0.15) is 64.5 Å². The highest BCUT2D eigenvalue weighted by Crippen LogP contribution is 2.39. The molecule has 0 amide bonds. The van der Waals surface area contributed by atoms with E-state index in [1.54, 1.807) is 0 Å². The molecule has 1 aliphatic rings. The van der Waals surface area contributed by atoms with Crippen molar-refractivity contribution in [1.29, 1.82) is 0 Å². The second kappa shape index (κ2) is 5.17. The Morgan fingerprint density at radius 1 is 1.00 bits per heavy atom. The minimum Gasteiger partial charge on any atom is -0.402 e. The zero-order valence-corrected chi connectivity index (χ0v) is 13.4. The van der Waals surface area contributed by atoms with Crippen LogP contribution in [0.5, 0.6) is 0 Å². The zero-order chi connectivity index (χ0) is 15.1. The maximum Gasteiger partial charge on any atom is 0.480 e. The molecule has 0 aliphatic carbocycles. The molecule has 1 saturated heterocycles. The number of hydrogen-bond acceptors (Lipinski definition) is 3. The van der Waals surface area contributed by atoms with Crippen LogP contribution in [0.3, 0.4) is 0 Å². The van der Waals surface area contributed by atoms with E-state index in [4.69, 9.17) is 15.0 Å². The molecule has 1 heterocycles. The fourth-order valence-corrected chi connectivity index (χ4v) is 2.32. The van der Waals surface area contributed by atoms with Crippen LogP contribution in [0, 0.1) is 0 Å².